The Morgan fingerprint density at radius 3 is 2.74 bits per heavy atom. The first kappa shape index (κ1) is 14.4. The minimum absolute atomic E-state index is 0.0372. The fourth-order valence-electron chi connectivity index (χ4n) is 2.06. The van der Waals surface area contributed by atoms with Crippen molar-refractivity contribution in [1.82, 2.24) is 0 Å². The molecule has 0 saturated carbocycles. The molecular formula is C11H9Br2FN2O3. The number of nitrogens with zero attached hydrogens (tertiary/aromatic N) is 2. The molecule has 0 aliphatic carbocycles. The van der Waals surface area contributed by atoms with Crippen LogP contribution in [0.2, 0.25) is 0 Å². The van der Waals surface area contributed by atoms with Gasteiger partial charge >= 0.3 is 0 Å². The molecule has 2 rings (SSSR count). The first-order valence-electron chi connectivity index (χ1n) is 5.43. The predicted molar refractivity (Wildman–Crippen MR) is 75.0 cm³/mol. The summed E-state index contributed by atoms with van der Waals surface area (Å²) in [6, 6.07) is 2.32. The highest BCUT2D eigenvalue weighted by Gasteiger charge is 2.36. The number of rotatable bonds is 3. The Balaban J connectivity index is 2.50. The molecule has 1 aliphatic rings. The van der Waals surface area contributed by atoms with Crippen LogP contribution in [0, 0.1) is 21.8 Å². The second kappa shape index (κ2) is 5.54. The minimum Gasteiger partial charge on any atom is -0.304 e. The summed E-state index contributed by atoms with van der Waals surface area (Å²) in [5.74, 6) is -1.03. The van der Waals surface area contributed by atoms with Crippen LogP contribution in [0.5, 0.6) is 0 Å². The maximum Gasteiger partial charge on any atom is 0.297 e. The van der Waals surface area contributed by atoms with Gasteiger partial charge in [0.2, 0.25) is 5.91 Å². The van der Waals surface area contributed by atoms with Crippen molar-refractivity contribution in [2.75, 3.05) is 16.8 Å². The van der Waals surface area contributed by atoms with Gasteiger partial charge in [-0.2, -0.15) is 0 Å². The van der Waals surface area contributed by atoms with Crippen LogP contribution in [-0.4, -0.2) is 22.7 Å². The summed E-state index contributed by atoms with van der Waals surface area (Å²) in [6.45, 7) is 0.281. The van der Waals surface area contributed by atoms with Gasteiger partial charge in [0.1, 0.15) is 0 Å². The van der Waals surface area contributed by atoms with Crippen LogP contribution in [-0.2, 0) is 4.79 Å². The molecule has 0 bridgehead atoms. The average molecular weight is 396 g/mol. The fraction of sp³-hybridized carbons (Fsp3) is 0.364. The number of anilines is 1. The molecule has 1 aliphatic heterocycles. The van der Waals surface area contributed by atoms with Gasteiger partial charge in [0.15, 0.2) is 11.5 Å². The number of hydrogen-bond acceptors (Lipinski definition) is 3. The fourth-order valence-corrected chi connectivity index (χ4v) is 2.91. The molecule has 0 aromatic heterocycles. The number of nitro benzene ring substituents is 1. The third-order valence-electron chi connectivity index (χ3n) is 2.90. The van der Waals surface area contributed by atoms with Crippen LogP contribution in [0.3, 0.4) is 0 Å². The zero-order valence-corrected chi connectivity index (χ0v) is 12.8. The van der Waals surface area contributed by atoms with Gasteiger partial charge < -0.3 is 4.90 Å². The van der Waals surface area contributed by atoms with Crippen molar-refractivity contribution in [1.29, 1.82) is 0 Å². The van der Waals surface area contributed by atoms with E-state index in [1.165, 1.54) is 6.07 Å². The number of halogens is 3. The van der Waals surface area contributed by atoms with Gasteiger partial charge in [-0.25, -0.2) is 4.39 Å². The molecule has 5 nitrogen and oxygen atoms in total. The van der Waals surface area contributed by atoms with Crippen LogP contribution < -0.4 is 4.90 Å². The predicted octanol–water partition coefficient (Wildman–Crippen LogP) is 3.24. The molecular weight excluding hydrogens is 387 g/mol. The Hall–Kier alpha value is -1.02. The number of carbonyl (C=O) groups is 1. The van der Waals surface area contributed by atoms with E-state index in [1.54, 1.807) is 0 Å². The standard InChI is InChI=1S/C11H9Br2FN2O3/c12-4-6-1-10(17)15(5-6)11-8(14)2-7(13)3-9(11)16(18)19/h2-3,6H,1,4-5H2. The van der Waals surface area contributed by atoms with Gasteiger partial charge in [0, 0.05) is 28.8 Å². The first-order valence-corrected chi connectivity index (χ1v) is 7.35. The summed E-state index contributed by atoms with van der Waals surface area (Å²) >= 11 is 6.28. The van der Waals surface area contributed by atoms with E-state index in [2.05, 4.69) is 31.9 Å². The lowest BCUT2D eigenvalue weighted by atomic mass is 10.2. The van der Waals surface area contributed by atoms with E-state index in [0.717, 1.165) is 11.0 Å². The summed E-state index contributed by atoms with van der Waals surface area (Å²) in [5.41, 5.74) is -0.655. The van der Waals surface area contributed by atoms with E-state index in [0.29, 0.717) is 5.33 Å². The van der Waals surface area contributed by atoms with Crippen molar-refractivity contribution in [2.24, 2.45) is 5.92 Å². The quantitative estimate of drug-likeness (QED) is 0.448. The van der Waals surface area contributed by atoms with Crippen LogP contribution >= 0.6 is 31.9 Å². The van der Waals surface area contributed by atoms with Gasteiger partial charge in [0.25, 0.3) is 5.69 Å². The largest absolute Gasteiger partial charge is 0.304 e. The highest BCUT2D eigenvalue weighted by atomic mass is 79.9. The van der Waals surface area contributed by atoms with Gasteiger partial charge in [0.05, 0.1) is 4.92 Å². The summed E-state index contributed by atoms with van der Waals surface area (Å²) in [6.07, 6.45) is 0.262. The molecule has 1 unspecified atom stereocenters. The maximum atomic E-state index is 14.0. The van der Waals surface area contributed by atoms with Crippen molar-refractivity contribution < 1.29 is 14.1 Å². The number of benzene rings is 1. The molecule has 19 heavy (non-hydrogen) atoms. The van der Waals surface area contributed by atoms with Gasteiger partial charge in [-0.1, -0.05) is 31.9 Å². The topological polar surface area (TPSA) is 63.5 Å². The second-order valence-electron chi connectivity index (χ2n) is 4.24. The summed E-state index contributed by atoms with van der Waals surface area (Å²) in [4.78, 5) is 23.3. The second-order valence-corrected chi connectivity index (χ2v) is 5.80. The van der Waals surface area contributed by atoms with Crippen LogP contribution in [0.4, 0.5) is 15.8 Å². The monoisotopic (exact) mass is 394 g/mol. The van der Waals surface area contributed by atoms with E-state index in [9.17, 15) is 19.3 Å². The van der Waals surface area contributed by atoms with E-state index < -0.39 is 16.4 Å². The third-order valence-corrected chi connectivity index (χ3v) is 4.27. The number of alkyl halides is 1. The first-order chi connectivity index (χ1) is 8.93. The highest BCUT2D eigenvalue weighted by Crippen LogP contribution is 2.37. The van der Waals surface area contributed by atoms with E-state index in [-0.39, 0.29) is 35.0 Å². The van der Waals surface area contributed by atoms with E-state index in [4.69, 9.17) is 0 Å². The average Bonchev–Trinajstić information content (AvgIpc) is 2.69. The van der Waals surface area contributed by atoms with Gasteiger partial charge in [-0.3, -0.25) is 14.9 Å². The van der Waals surface area contributed by atoms with Crippen LogP contribution in [0.15, 0.2) is 16.6 Å². The Kier molecular flexibility index (Phi) is 4.19. The van der Waals surface area contributed by atoms with Crippen molar-refractivity contribution >= 4 is 49.1 Å². The van der Waals surface area contributed by atoms with Crippen molar-refractivity contribution in [3.63, 3.8) is 0 Å². The molecule has 1 aromatic carbocycles. The van der Waals surface area contributed by atoms with Crippen LogP contribution in [0.25, 0.3) is 0 Å². The molecule has 1 atom stereocenters. The molecule has 0 spiro atoms. The highest BCUT2D eigenvalue weighted by molar-refractivity contribution is 9.10. The normalized spacial score (nSPS) is 19.0. The number of nitro groups is 1. The van der Waals surface area contributed by atoms with Crippen molar-refractivity contribution in [3.8, 4) is 0 Å². The maximum absolute atomic E-state index is 14.0. The number of hydrogen-bond donors (Lipinski definition) is 0. The molecule has 1 heterocycles. The molecule has 8 heteroatoms. The Morgan fingerprint density at radius 2 is 2.21 bits per heavy atom. The number of amides is 1. The summed E-state index contributed by atoms with van der Waals surface area (Å²) in [5, 5.41) is 11.6. The minimum atomic E-state index is -0.773. The molecule has 1 amide bonds. The third kappa shape index (κ3) is 2.79. The van der Waals surface area contributed by atoms with Gasteiger partial charge in [-0.15, -0.1) is 0 Å². The molecule has 0 N–H and O–H groups in total. The van der Waals surface area contributed by atoms with Crippen molar-refractivity contribution in [3.05, 3.63) is 32.5 Å². The number of carbonyl (C=O) groups excluding carboxylic acids is 1. The SMILES string of the molecule is O=C1CC(CBr)CN1c1c(F)cc(Br)cc1[N+](=O)[O-]. The molecule has 1 aromatic rings. The van der Waals surface area contributed by atoms with E-state index in [1.807, 2.05) is 0 Å². The Bertz CT molecular complexity index is 553. The van der Waals surface area contributed by atoms with Crippen LogP contribution in [0.1, 0.15) is 6.42 Å². The smallest absolute Gasteiger partial charge is 0.297 e. The van der Waals surface area contributed by atoms with Gasteiger partial charge in [-0.05, 0) is 12.0 Å². The lowest BCUT2D eigenvalue weighted by molar-refractivity contribution is -0.384. The zero-order chi connectivity index (χ0) is 14.2. The zero-order valence-electron chi connectivity index (χ0n) is 9.61. The van der Waals surface area contributed by atoms with Crippen molar-refractivity contribution in [2.45, 2.75) is 6.42 Å². The Morgan fingerprint density at radius 1 is 1.53 bits per heavy atom. The molecule has 1 fully saturated rings. The molecule has 102 valence electrons. The molecule has 0 radical (unpaired) electrons. The summed E-state index contributed by atoms with van der Waals surface area (Å²) < 4.78 is 14.3. The molecule has 1 saturated heterocycles. The Labute approximate surface area is 125 Å². The lowest BCUT2D eigenvalue weighted by Crippen LogP contribution is -2.26. The van der Waals surface area contributed by atoms with E-state index >= 15 is 0 Å². The lowest BCUT2D eigenvalue weighted by Gasteiger charge is -2.17. The summed E-state index contributed by atoms with van der Waals surface area (Å²) in [7, 11) is 0.